The van der Waals surface area contributed by atoms with Gasteiger partial charge in [0.15, 0.2) is 0 Å². The van der Waals surface area contributed by atoms with Crippen LogP contribution in [0.1, 0.15) is 62.9 Å². The Morgan fingerprint density at radius 3 is 2.53 bits per heavy atom. The highest BCUT2D eigenvalue weighted by Gasteiger charge is 2.71. The van der Waals surface area contributed by atoms with Crippen LogP contribution in [0.4, 0.5) is 5.69 Å². The smallest absolute Gasteiger partial charge is 0.251 e. The van der Waals surface area contributed by atoms with Crippen LogP contribution in [-0.4, -0.2) is 95.8 Å². The monoisotopic (exact) mass is 810 g/mol. The number of alkyl halides is 1. The Balaban J connectivity index is 1.12. The van der Waals surface area contributed by atoms with E-state index in [4.69, 9.17) is 22.2 Å². The lowest BCUT2D eigenvalue weighted by Gasteiger charge is -2.62. The quantitative estimate of drug-likeness (QED) is 0.100. The number of methoxy groups -OCH3 is 1. The highest BCUT2D eigenvalue weighted by Crippen LogP contribution is 2.74. The van der Waals surface area contributed by atoms with E-state index in [-0.39, 0.29) is 47.1 Å². The molecule has 0 spiro atoms. The standard InChI is InChI=1S/C41H55BrN4O6S/c1-21-29-16-26(40(29,3)4)17-31(21)44-39(50)35-34(22(2)48)32(20-47)52-46(35)19-23-9-8-10-28(36(23)51-7)24-13-25(15-27(14-24)45(5)6)38(49)43-12-11-33(53)41-18-30(41)37(41)42/h8-10,13-15,18,21-22,26,29,31-35,37,47-48,53H,11-12,16-17,19-20H2,1-7H3,(H,43,49)(H,44,50)/t21-,22-,26+,29-,31-,32-,33?,34-,35-,37?,41?/m0/s1. The van der Waals surface area contributed by atoms with Gasteiger partial charge in [0.1, 0.15) is 17.9 Å². The number of allylic oxidation sites excluding steroid dienone is 2. The summed E-state index contributed by atoms with van der Waals surface area (Å²) in [4.78, 5) is 36.4. The molecule has 0 radical (unpaired) electrons. The number of anilines is 1. The van der Waals surface area contributed by atoms with Crippen molar-refractivity contribution in [3.63, 3.8) is 0 Å². The molecule has 5 fully saturated rings. The second-order valence-corrected chi connectivity index (χ2v) is 18.4. The van der Waals surface area contributed by atoms with Crippen LogP contribution in [0, 0.1) is 34.5 Å². The number of carbonyl (C=O) groups is 2. The number of thiol groups is 1. The van der Waals surface area contributed by atoms with Crippen molar-refractivity contribution in [2.45, 2.75) is 87.9 Å². The van der Waals surface area contributed by atoms with E-state index < -0.39 is 24.2 Å². The van der Waals surface area contributed by atoms with Crippen molar-refractivity contribution in [3.05, 3.63) is 59.2 Å². The maximum Gasteiger partial charge on any atom is 0.251 e. The number of halogens is 1. The first kappa shape index (κ1) is 38.7. The third kappa shape index (κ3) is 6.73. The van der Waals surface area contributed by atoms with Gasteiger partial charge in [0.2, 0.25) is 5.91 Å². The van der Waals surface area contributed by atoms with Crippen molar-refractivity contribution in [1.82, 2.24) is 15.7 Å². The number of hydrogen-bond donors (Lipinski definition) is 5. The summed E-state index contributed by atoms with van der Waals surface area (Å²) in [5.74, 6) is 1.05. The van der Waals surface area contributed by atoms with E-state index in [2.05, 4.69) is 53.4 Å². The first-order chi connectivity index (χ1) is 25.1. The number of carbonyl (C=O) groups excluding carboxylic acids is 2. The molecule has 5 aliphatic carbocycles. The Labute approximate surface area is 327 Å². The van der Waals surface area contributed by atoms with E-state index in [1.165, 1.54) is 12.0 Å². The Hall–Kier alpha value is -2.61. The number of nitrogens with zero attached hydrogens (tertiary/aromatic N) is 2. The summed E-state index contributed by atoms with van der Waals surface area (Å²) in [6.07, 6.45) is 3.50. The molecule has 2 amide bonds. The molecule has 11 atom stereocenters. The van der Waals surface area contributed by atoms with Crippen molar-refractivity contribution in [2.75, 3.05) is 39.3 Å². The van der Waals surface area contributed by atoms with E-state index in [1.54, 1.807) is 19.1 Å². The summed E-state index contributed by atoms with van der Waals surface area (Å²) in [5.41, 5.74) is 5.56. The minimum atomic E-state index is -0.896. The van der Waals surface area contributed by atoms with Crippen molar-refractivity contribution in [3.8, 4) is 16.9 Å². The minimum Gasteiger partial charge on any atom is -0.496 e. The van der Waals surface area contributed by atoms with E-state index >= 15 is 0 Å². The second kappa shape index (κ2) is 14.5. The van der Waals surface area contributed by atoms with Gasteiger partial charge in [0.05, 0.1) is 31.2 Å². The molecule has 0 aromatic heterocycles. The third-order valence-electron chi connectivity index (χ3n) is 13.4. The average Bonchev–Trinajstić information content (AvgIpc) is 3.98. The SMILES string of the molecule is COc1c(CN2O[C@@H](CO)[C@H]([C@H](C)O)[C@H]2C(=O)N[C@H]2C[C@H]3C[C@@H]([C@@H]2C)C3(C)C)cccc1-c1cc(C(=O)NCCC(S)C23C=C2C3Br)cc(N(C)C)c1. The minimum absolute atomic E-state index is 0.0409. The number of aliphatic hydroxyl groups excluding tert-OH is 2. The molecule has 2 aromatic rings. The third-order valence-corrected chi connectivity index (χ3v) is 15.3. The van der Waals surface area contributed by atoms with Gasteiger partial charge in [-0.15, -0.1) is 0 Å². The molecule has 1 heterocycles. The molecule has 2 bridgehead atoms. The Bertz CT molecular complexity index is 1790. The van der Waals surface area contributed by atoms with Crippen molar-refractivity contribution in [1.29, 1.82) is 0 Å². The molecular formula is C41H55BrN4O6S. The lowest BCUT2D eigenvalue weighted by atomic mass is 9.45. The van der Waals surface area contributed by atoms with Crippen molar-refractivity contribution >= 4 is 46.1 Å². The molecule has 1 saturated heterocycles. The number of ether oxygens (including phenoxy) is 1. The second-order valence-electron chi connectivity index (χ2n) is 16.9. The lowest BCUT2D eigenvalue weighted by molar-refractivity contribution is -0.183. The maximum atomic E-state index is 14.2. The normalized spacial score (nSPS) is 33.2. The highest BCUT2D eigenvalue weighted by atomic mass is 79.9. The zero-order chi connectivity index (χ0) is 38.1. The fourth-order valence-corrected chi connectivity index (χ4v) is 11.5. The number of rotatable bonds is 14. The first-order valence-electron chi connectivity index (χ1n) is 19.0. The largest absolute Gasteiger partial charge is 0.496 e. The number of nitrogens with one attached hydrogen (secondary N) is 2. The van der Waals surface area contributed by atoms with Gasteiger partial charge < -0.3 is 30.5 Å². The Morgan fingerprint density at radius 1 is 1.21 bits per heavy atom. The molecule has 53 heavy (non-hydrogen) atoms. The van der Waals surface area contributed by atoms with Crippen LogP contribution in [0.3, 0.4) is 0 Å². The zero-order valence-corrected chi connectivity index (χ0v) is 34.3. The number of aliphatic hydroxyl groups is 2. The molecule has 3 unspecified atom stereocenters. The van der Waals surface area contributed by atoms with Crippen LogP contribution < -0.4 is 20.3 Å². The highest BCUT2D eigenvalue weighted by molar-refractivity contribution is 9.10. The molecule has 2 aromatic carbocycles. The van der Waals surface area contributed by atoms with Gasteiger partial charge in [0, 0.05) is 65.6 Å². The summed E-state index contributed by atoms with van der Waals surface area (Å²) < 4.78 is 6.07. The van der Waals surface area contributed by atoms with Crippen LogP contribution in [0.5, 0.6) is 5.75 Å². The summed E-state index contributed by atoms with van der Waals surface area (Å²) in [6.45, 7) is 8.91. The molecule has 4 N–H and O–H groups in total. The van der Waals surface area contributed by atoms with Gasteiger partial charge >= 0.3 is 0 Å². The van der Waals surface area contributed by atoms with E-state index in [1.807, 2.05) is 55.4 Å². The Kier molecular flexibility index (Phi) is 10.6. The molecule has 4 saturated carbocycles. The fraction of sp³-hybridized carbons (Fsp3) is 0.610. The van der Waals surface area contributed by atoms with Gasteiger partial charge in [-0.25, -0.2) is 0 Å². The predicted octanol–water partition coefficient (Wildman–Crippen LogP) is 5.21. The summed E-state index contributed by atoms with van der Waals surface area (Å²) in [7, 11) is 5.49. The zero-order valence-electron chi connectivity index (χ0n) is 31.8. The lowest BCUT2D eigenvalue weighted by Crippen LogP contribution is -2.62. The predicted molar refractivity (Wildman–Crippen MR) is 213 cm³/mol. The van der Waals surface area contributed by atoms with Gasteiger partial charge in [-0.2, -0.15) is 17.7 Å². The number of hydrogen-bond acceptors (Lipinski definition) is 9. The molecule has 288 valence electrons. The number of para-hydroxylation sites is 1. The van der Waals surface area contributed by atoms with Crippen molar-refractivity contribution < 1.29 is 29.4 Å². The summed E-state index contributed by atoms with van der Waals surface area (Å²) in [5, 5.41) is 29.5. The van der Waals surface area contributed by atoms with E-state index in [9.17, 15) is 19.8 Å². The topological polar surface area (TPSA) is 124 Å². The van der Waals surface area contributed by atoms with Crippen molar-refractivity contribution in [2.24, 2.45) is 34.5 Å². The number of benzene rings is 2. The first-order valence-corrected chi connectivity index (χ1v) is 20.4. The van der Waals surface area contributed by atoms with Gasteiger partial charge in [-0.3, -0.25) is 14.4 Å². The van der Waals surface area contributed by atoms with E-state index in [0.29, 0.717) is 40.4 Å². The van der Waals surface area contributed by atoms with Crippen LogP contribution in [-0.2, 0) is 16.2 Å². The van der Waals surface area contributed by atoms with Gasteiger partial charge in [-0.05, 0) is 78.7 Å². The molecular weight excluding hydrogens is 756 g/mol. The fourth-order valence-electron chi connectivity index (χ4n) is 9.73. The molecule has 12 heteroatoms. The van der Waals surface area contributed by atoms with Gasteiger partial charge in [-0.1, -0.05) is 61.0 Å². The molecule has 6 aliphatic rings. The maximum absolute atomic E-state index is 14.2. The molecule has 8 rings (SSSR count). The summed E-state index contributed by atoms with van der Waals surface area (Å²) in [6, 6.07) is 10.8. The molecule has 1 aliphatic heterocycles. The van der Waals surface area contributed by atoms with Crippen LogP contribution in [0.2, 0.25) is 0 Å². The number of amides is 2. The number of fused-ring (bicyclic) bond motifs is 3. The Morgan fingerprint density at radius 2 is 1.94 bits per heavy atom. The van der Waals surface area contributed by atoms with Crippen LogP contribution >= 0.6 is 28.6 Å². The van der Waals surface area contributed by atoms with Gasteiger partial charge in [0.25, 0.3) is 5.91 Å². The molecule has 10 nitrogen and oxygen atoms in total. The van der Waals surface area contributed by atoms with Crippen LogP contribution in [0.15, 0.2) is 48.0 Å². The summed E-state index contributed by atoms with van der Waals surface area (Å²) >= 11 is 8.50. The van der Waals surface area contributed by atoms with E-state index in [0.717, 1.165) is 35.2 Å². The number of hydroxylamine groups is 2. The van der Waals surface area contributed by atoms with Crippen LogP contribution in [0.25, 0.3) is 11.1 Å². The average molecular weight is 812 g/mol.